The quantitative estimate of drug-likeness (QED) is 0.756. The second-order valence-electron chi connectivity index (χ2n) is 8.15. The Labute approximate surface area is 166 Å². The van der Waals surface area contributed by atoms with Gasteiger partial charge in [-0.15, -0.1) is 5.10 Å². The number of fused-ring (bicyclic) bond motifs is 3. The fourth-order valence-electron chi connectivity index (χ4n) is 4.56. The third-order valence-electron chi connectivity index (χ3n) is 6.18. The number of nitrogens with one attached hydrogen (secondary N) is 1. The third kappa shape index (κ3) is 4.41. The second kappa shape index (κ2) is 8.82. The van der Waals surface area contributed by atoms with Gasteiger partial charge in [0.1, 0.15) is 0 Å². The van der Waals surface area contributed by atoms with Gasteiger partial charge in [0.05, 0.1) is 18.2 Å². The molecule has 3 aliphatic heterocycles. The fraction of sp³-hybridized carbons (Fsp3) is 0.619. The molecule has 2 aromatic heterocycles. The zero-order chi connectivity index (χ0) is 19.3. The van der Waals surface area contributed by atoms with Crippen molar-refractivity contribution >= 4 is 5.91 Å². The number of unbranched alkanes of at least 4 members (excludes halogenated alkanes) is 1. The highest BCUT2D eigenvalue weighted by Gasteiger charge is 2.43. The second-order valence-corrected chi connectivity index (χ2v) is 8.15. The number of nitrogens with zero attached hydrogens (tertiary/aromatic N) is 5. The van der Waals surface area contributed by atoms with Crippen molar-refractivity contribution in [1.82, 2.24) is 30.2 Å². The van der Waals surface area contributed by atoms with Crippen LogP contribution in [0, 0.1) is 11.8 Å². The normalized spacial score (nSPS) is 26.3. The molecule has 4 atom stereocenters. The highest BCUT2D eigenvalue weighted by molar-refractivity contribution is 5.79. The minimum absolute atomic E-state index is 0.0949. The van der Waals surface area contributed by atoms with E-state index in [-0.39, 0.29) is 11.8 Å². The average Bonchev–Trinajstić information content (AvgIpc) is 3.19. The molecule has 1 N–H and O–H groups in total. The summed E-state index contributed by atoms with van der Waals surface area (Å²) in [7, 11) is 0. The van der Waals surface area contributed by atoms with Gasteiger partial charge >= 0.3 is 0 Å². The molecule has 4 unspecified atom stereocenters. The van der Waals surface area contributed by atoms with Crippen molar-refractivity contribution in [2.75, 3.05) is 13.1 Å². The fourth-order valence-corrected chi connectivity index (χ4v) is 4.56. The molecule has 150 valence electrons. The summed E-state index contributed by atoms with van der Waals surface area (Å²) in [4.78, 5) is 19.3. The summed E-state index contributed by atoms with van der Waals surface area (Å²) in [5.41, 5.74) is 2.13. The van der Waals surface area contributed by atoms with E-state index in [2.05, 4.69) is 38.6 Å². The van der Waals surface area contributed by atoms with Crippen molar-refractivity contribution in [3.8, 4) is 0 Å². The number of rotatable bonds is 8. The molecule has 2 aromatic rings. The van der Waals surface area contributed by atoms with Gasteiger partial charge in [0.2, 0.25) is 5.91 Å². The molecule has 0 aromatic carbocycles. The van der Waals surface area contributed by atoms with Crippen LogP contribution in [0.3, 0.4) is 0 Å². The van der Waals surface area contributed by atoms with Crippen LogP contribution in [0.25, 0.3) is 0 Å². The molecule has 3 saturated heterocycles. The molecular formula is C21H30N6O. The first-order valence-corrected chi connectivity index (χ1v) is 10.5. The van der Waals surface area contributed by atoms with Crippen molar-refractivity contribution < 1.29 is 4.79 Å². The van der Waals surface area contributed by atoms with Crippen LogP contribution in [0.2, 0.25) is 0 Å². The number of hydrogen-bond acceptors (Lipinski definition) is 5. The van der Waals surface area contributed by atoms with Crippen molar-refractivity contribution in [3.63, 3.8) is 0 Å². The topological polar surface area (TPSA) is 75.9 Å². The van der Waals surface area contributed by atoms with Gasteiger partial charge in [-0.25, -0.2) is 0 Å². The van der Waals surface area contributed by atoms with Crippen LogP contribution in [0.15, 0.2) is 30.7 Å². The number of carbonyl (C=O) groups excluding carboxylic acids is 1. The van der Waals surface area contributed by atoms with Crippen molar-refractivity contribution in [2.45, 2.75) is 58.2 Å². The van der Waals surface area contributed by atoms with E-state index in [1.807, 2.05) is 16.8 Å². The summed E-state index contributed by atoms with van der Waals surface area (Å²) in [6, 6.07) is 4.35. The molecule has 0 saturated carbocycles. The highest BCUT2D eigenvalue weighted by atomic mass is 16.1. The maximum atomic E-state index is 12.7. The first-order valence-electron chi connectivity index (χ1n) is 10.5. The molecule has 0 aliphatic carbocycles. The van der Waals surface area contributed by atoms with Crippen LogP contribution in [-0.4, -0.2) is 49.9 Å². The Kier molecular flexibility index (Phi) is 6.00. The van der Waals surface area contributed by atoms with E-state index >= 15 is 0 Å². The van der Waals surface area contributed by atoms with Crippen LogP contribution >= 0.6 is 0 Å². The van der Waals surface area contributed by atoms with E-state index in [4.69, 9.17) is 0 Å². The largest absolute Gasteiger partial charge is 0.352 e. The lowest BCUT2D eigenvalue weighted by atomic mass is 9.75. The third-order valence-corrected chi connectivity index (χ3v) is 6.18. The molecule has 0 spiro atoms. The summed E-state index contributed by atoms with van der Waals surface area (Å²) in [5.74, 6) is 0.740. The molecule has 5 heterocycles. The molecule has 28 heavy (non-hydrogen) atoms. The number of pyridine rings is 1. The summed E-state index contributed by atoms with van der Waals surface area (Å²) >= 11 is 0. The van der Waals surface area contributed by atoms with E-state index in [1.54, 1.807) is 12.4 Å². The predicted octanol–water partition coefficient (Wildman–Crippen LogP) is 2.04. The number of carbonyl (C=O) groups is 1. The summed E-state index contributed by atoms with van der Waals surface area (Å²) in [5, 5.41) is 11.7. The molecule has 3 aliphatic rings. The van der Waals surface area contributed by atoms with Gasteiger partial charge in [0, 0.05) is 37.7 Å². The molecular weight excluding hydrogens is 352 g/mol. The van der Waals surface area contributed by atoms with Gasteiger partial charge < -0.3 is 5.32 Å². The Morgan fingerprint density at radius 3 is 3.07 bits per heavy atom. The maximum Gasteiger partial charge on any atom is 0.224 e. The Morgan fingerprint density at radius 2 is 2.32 bits per heavy atom. The van der Waals surface area contributed by atoms with Gasteiger partial charge in [-0.1, -0.05) is 24.6 Å². The van der Waals surface area contributed by atoms with Crippen LogP contribution in [0.1, 0.15) is 43.9 Å². The van der Waals surface area contributed by atoms with Crippen LogP contribution in [0.5, 0.6) is 0 Å². The molecule has 7 nitrogen and oxygen atoms in total. The standard InChI is InChI=1S/C21H30N6O/c1-2-3-6-18-13-27(25-24-18)14-19-10-17-7-9-26(19)15-20(17)21(28)23-12-16-5-4-8-22-11-16/h4-5,8,11,13,17,19-20H,2-3,6-7,9-10,12,14-15H2,1H3,(H,23,28). The van der Waals surface area contributed by atoms with Crippen molar-refractivity contribution in [2.24, 2.45) is 11.8 Å². The first kappa shape index (κ1) is 19.1. The molecule has 1 amide bonds. The lowest BCUT2D eigenvalue weighted by molar-refractivity contribution is -0.133. The van der Waals surface area contributed by atoms with Gasteiger partial charge in [0.25, 0.3) is 0 Å². The lowest BCUT2D eigenvalue weighted by Crippen LogP contribution is -2.58. The number of hydrogen-bond donors (Lipinski definition) is 1. The number of amides is 1. The van der Waals surface area contributed by atoms with Crippen LogP contribution in [-0.2, 0) is 24.3 Å². The molecule has 3 fully saturated rings. The van der Waals surface area contributed by atoms with Gasteiger partial charge in [-0.2, -0.15) is 0 Å². The van der Waals surface area contributed by atoms with E-state index in [9.17, 15) is 4.79 Å². The minimum atomic E-state index is 0.0949. The van der Waals surface area contributed by atoms with Crippen LogP contribution in [0.4, 0.5) is 0 Å². The minimum Gasteiger partial charge on any atom is -0.352 e. The molecule has 2 bridgehead atoms. The summed E-state index contributed by atoms with van der Waals surface area (Å²) in [6.07, 6.45) is 11.2. The Morgan fingerprint density at radius 1 is 1.39 bits per heavy atom. The van der Waals surface area contributed by atoms with Crippen molar-refractivity contribution in [3.05, 3.63) is 42.0 Å². The van der Waals surface area contributed by atoms with E-state index in [1.165, 1.54) is 6.42 Å². The monoisotopic (exact) mass is 382 g/mol. The SMILES string of the molecule is CCCCc1cn(CC2CC3CCN2CC3C(=O)NCc2cccnc2)nn1. The number of piperidine rings is 3. The lowest BCUT2D eigenvalue weighted by Gasteiger charge is -2.49. The van der Waals surface area contributed by atoms with Crippen LogP contribution < -0.4 is 5.32 Å². The Hall–Kier alpha value is -2.28. The zero-order valence-corrected chi connectivity index (χ0v) is 16.6. The number of aryl methyl sites for hydroxylation is 1. The Balaban J connectivity index is 1.30. The molecule has 7 heteroatoms. The van der Waals surface area contributed by atoms with Gasteiger partial charge in [-0.05, 0) is 49.8 Å². The van der Waals surface area contributed by atoms with Gasteiger partial charge in [0.15, 0.2) is 0 Å². The smallest absolute Gasteiger partial charge is 0.224 e. The number of aromatic nitrogens is 4. The highest BCUT2D eigenvalue weighted by Crippen LogP contribution is 2.37. The van der Waals surface area contributed by atoms with E-state index in [0.29, 0.717) is 18.5 Å². The summed E-state index contributed by atoms with van der Waals surface area (Å²) < 4.78 is 1.99. The Bertz CT molecular complexity index is 776. The van der Waals surface area contributed by atoms with Gasteiger partial charge in [-0.3, -0.25) is 19.4 Å². The first-order chi connectivity index (χ1) is 13.7. The molecule has 5 rings (SSSR count). The maximum absolute atomic E-state index is 12.7. The summed E-state index contributed by atoms with van der Waals surface area (Å²) in [6.45, 7) is 5.56. The van der Waals surface area contributed by atoms with Crippen molar-refractivity contribution in [1.29, 1.82) is 0 Å². The zero-order valence-electron chi connectivity index (χ0n) is 16.6. The average molecular weight is 383 g/mol. The predicted molar refractivity (Wildman–Crippen MR) is 106 cm³/mol. The van der Waals surface area contributed by atoms with E-state index in [0.717, 1.165) is 56.6 Å². The molecule has 0 radical (unpaired) electrons. The van der Waals surface area contributed by atoms with E-state index < -0.39 is 0 Å².